The third-order valence-electron chi connectivity index (χ3n) is 3.66. The molecule has 0 atom stereocenters. The number of hydrogen-bond donors (Lipinski definition) is 0. The summed E-state index contributed by atoms with van der Waals surface area (Å²) in [6.07, 6.45) is 4.92. The van der Waals surface area contributed by atoms with Gasteiger partial charge in [0.1, 0.15) is 0 Å². The third-order valence-corrected chi connectivity index (χ3v) is 3.66. The van der Waals surface area contributed by atoms with Crippen molar-refractivity contribution in [2.45, 2.75) is 46.5 Å². The first kappa shape index (κ1) is 20.5. The maximum atomic E-state index is 3.04. The normalized spacial score (nSPS) is 9.52. The molecular weight excluding hydrogens is 329 g/mol. The largest absolute Gasteiger partial charge is 3.00 e. The van der Waals surface area contributed by atoms with Crippen LogP contribution in [0.4, 0.5) is 0 Å². The molecule has 0 bridgehead atoms. The molecule has 0 heterocycles. The van der Waals surface area contributed by atoms with Crippen molar-refractivity contribution >= 4 is 0 Å². The minimum Gasteiger partial charge on any atom is -0.184 e. The molecule has 0 spiro atoms. The molecule has 0 unspecified atom stereocenters. The Morgan fingerprint density at radius 2 is 1.19 bits per heavy atom. The summed E-state index contributed by atoms with van der Waals surface area (Å²) in [4.78, 5) is 0. The van der Waals surface area contributed by atoms with Crippen LogP contribution in [0.25, 0.3) is 0 Å². The number of benzene rings is 2. The monoisotopic (exact) mass is 355 g/mol. The summed E-state index contributed by atoms with van der Waals surface area (Å²) in [6.45, 7) is 6.68. The smallest absolute Gasteiger partial charge is 0.184 e. The zero-order valence-electron chi connectivity index (χ0n) is 13.6. The maximum Gasteiger partial charge on any atom is 3.00 e. The van der Waals surface area contributed by atoms with E-state index in [-0.39, 0.29) is 32.7 Å². The Balaban J connectivity index is 0.000000390. The Hall–Kier alpha value is -0.456. The second-order valence-corrected chi connectivity index (χ2v) is 5.06. The second kappa shape index (κ2) is 13.2. The van der Waals surface area contributed by atoms with Gasteiger partial charge in [0, 0.05) is 0 Å². The summed E-state index contributed by atoms with van der Waals surface area (Å²) in [5.41, 5.74) is 2.83. The standard InChI is InChI=1S/C12H17.C8H9.Y/c1-3-11(4-2)10-12-8-6-5-7-9-12;1-2-8-6-4-3-5-7-8;/h6-9,11H,3-4,10H2,1-2H3;4-7H,2H2,1H3;/q2*-1;+3. The van der Waals surface area contributed by atoms with Gasteiger partial charge in [-0.1, -0.05) is 40.0 Å². The first-order valence-corrected chi connectivity index (χ1v) is 7.70. The van der Waals surface area contributed by atoms with E-state index in [0.717, 1.165) is 12.3 Å². The van der Waals surface area contributed by atoms with E-state index >= 15 is 0 Å². The van der Waals surface area contributed by atoms with Gasteiger partial charge in [-0.3, -0.25) is 0 Å². The van der Waals surface area contributed by atoms with Crippen molar-refractivity contribution in [3.05, 3.63) is 71.8 Å². The van der Waals surface area contributed by atoms with Gasteiger partial charge in [-0.15, -0.1) is 0 Å². The summed E-state index contributed by atoms with van der Waals surface area (Å²) in [5.74, 6) is 0.854. The van der Waals surface area contributed by atoms with Gasteiger partial charge >= 0.3 is 32.7 Å². The fourth-order valence-corrected chi connectivity index (χ4v) is 2.13. The Bertz CT molecular complexity index is 432. The van der Waals surface area contributed by atoms with Gasteiger partial charge in [0.15, 0.2) is 0 Å². The summed E-state index contributed by atoms with van der Waals surface area (Å²) in [5, 5.41) is 0. The van der Waals surface area contributed by atoms with Gasteiger partial charge in [0.2, 0.25) is 0 Å². The molecule has 0 aliphatic carbocycles. The molecule has 2 aromatic carbocycles. The Morgan fingerprint density at radius 3 is 1.52 bits per heavy atom. The molecule has 0 radical (unpaired) electrons. The van der Waals surface area contributed by atoms with Crippen LogP contribution in [0.5, 0.6) is 0 Å². The van der Waals surface area contributed by atoms with E-state index in [1.807, 2.05) is 24.3 Å². The molecule has 0 aliphatic rings. The van der Waals surface area contributed by atoms with Crippen molar-refractivity contribution in [1.29, 1.82) is 0 Å². The van der Waals surface area contributed by atoms with Crippen molar-refractivity contribution < 1.29 is 32.7 Å². The number of aryl methyl sites for hydroxylation is 1. The van der Waals surface area contributed by atoms with Crippen molar-refractivity contribution in [1.82, 2.24) is 0 Å². The van der Waals surface area contributed by atoms with Gasteiger partial charge in [0.05, 0.1) is 0 Å². The van der Waals surface area contributed by atoms with E-state index in [1.54, 1.807) is 0 Å². The van der Waals surface area contributed by atoms with Crippen molar-refractivity contribution in [2.75, 3.05) is 0 Å². The van der Waals surface area contributed by atoms with Crippen LogP contribution in [-0.2, 0) is 45.6 Å². The van der Waals surface area contributed by atoms with Crippen molar-refractivity contribution in [3.8, 4) is 0 Å². The van der Waals surface area contributed by atoms with Crippen LogP contribution in [0, 0.1) is 18.1 Å². The molecule has 0 nitrogen and oxygen atoms in total. The van der Waals surface area contributed by atoms with Crippen LogP contribution < -0.4 is 0 Å². The van der Waals surface area contributed by atoms with E-state index in [2.05, 4.69) is 57.2 Å². The summed E-state index contributed by atoms with van der Waals surface area (Å²) < 4.78 is 0. The Kier molecular flexibility index (Phi) is 12.9. The average molecular weight is 355 g/mol. The maximum absolute atomic E-state index is 3.04. The van der Waals surface area contributed by atoms with Crippen LogP contribution in [0.1, 0.15) is 44.7 Å². The van der Waals surface area contributed by atoms with E-state index in [0.29, 0.717) is 0 Å². The molecule has 2 rings (SSSR count). The molecule has 2 aromatic rings. The molecule has 108 valence electrons. The van der Waals surface area contributed by atoms with Crippen LogP contribution in [-0.4, -0.2) is 0 Å². The first-order chi connectivity index (χ1) is 9.80. The van der Waals surface area contributed by atoms with Gasteiger partial charge in [-0.25, -0.2) is 0 Å². The summed E-state index contributed by atoms with van der Waals surface area (Å²) >= 11 is 0. The molecule has 1 heteroatoms. The predicted octanol–water partition coefficient (Wildman–Crippen LogP) is 5.51. The SMILES string of the molecule is CCC(CC)Cc1cc[c-]cc1.CCc1cc[c-]cc1.[Y+3]. The van der Waals surface area contributed by atoms with Gasteiger partial charge < -0.3 is 0 Å². The fourth-order valence-electron chi connectivity index (χ4n) is 2.13. The molecule has 0 saturated heterocycles. The third kappa shape index (κ3) is 9.22. The summed E-state index contributed by atoms with van der Waals surface area (Å²) in [7, 11) is 0. The van der Waals surface area contributed by atoms with Gasteiger partial charge in [0.25, 0.3) is 0 Å². The molecule has 0 saturated carbocycles. The minimum absolute atomic E-state index is 0. The van der Waals surface area contributed by atoms with Crippen molar-refractivity contribution in [2.24, 2.45) is 5.92 Å². The Labute approximate surface area is 156 Å². The quantitative estimate of drug-likeness (QED) is 0.620. The van der Waals surface area contributed by atoms with Crippen molar-refractivity contribution in [3.63, 3.8) is 0 Å². The van der Waals surface area contributed by atoms with Crippen LogP contribution in [0.15, 0.2) is 48.5 Å². The molecule has 0 N–H and O–H groups in total. The molecule has 21 heavy (non-hydrogen) atoms. The van der Waals surface area contributed by atoms with Crippen LogP contribution in [0.3, 0.4) is 0 Å². The zero-order chi connectivity index (χ0) is 14.6. The second-order valence-electron chi connectivity index (χ2n) is 5.06. The van der Waals surface area contributed by atoms with E-state index in [4.69, 9.17) is 0 Å². The van der Waals surface area contributed by atoms with Crippen LogP contribution >= 0.6 is 0 Å². The Morgan fingerprint density at radius 1 is 0.762 bits per heavy atom. The average Bonchev–Trinajstić information content (AvgIpc) is 2.55. The minimum atomic E-state index is 0. The topological polar surface area (TPSA) is 0 Å². The predicted molar refractivity (Wildman–Crippen MR) is 87.7 cm³/mol. The summed E-state index contributed by atoms with van der Waals surface area (Å²) in [6, 6.07) is 22.4. The molecule has 0 amide bonds. The fraction of sp³-hybridized carbons (Fsp3) is 0.400. The molecule has 0 aliphatic heterocycles. The van der Waals surface area contributed by atoms with Crippen LogP contribution in [0.2, 0.25) is 0 Å². The molecular formula is C20H26Y+. The number of hydrogen-bond acceptors (Lipinski definition) is 0. The van der Waals surface area contributed by atoms with E-state index < -0.39 is 0 Å². The van der Waals surface area contributed by atoms with E-state index in [9.17, 15) is 0 Å². The molecule has 0 fully saturated rings. The number of rotatable bonds is 5. The zero-order valence-corrected chi connectivity index (χ0v) is 16.4. The van der Waals surface area contributed by atoms with Gasteiger partial charge in [-0.2, -0.15) is 71.8 Å². The first-order valence-electron chi connectivity index (χ1n) is 7.70. The van der Waals surface area contributed by atoms with E-state index in [1.165, 1.54) is 30.4 Å². The van der Waals surface area contributed by atoms with Gasteiger partial charge in [-0.05, 0) is 12.3 Å². The molecule has 0 aromatic heterocycles.